The van der Waals surface area contributed by atoms with E-state index in [1.165, 1.54) is 0 Å². The van der Waals surface area contributed by atoms with E-state index in [9.17, 15) is 20.1 Å². The molecule has 7 heteroatoms. The van der Waals surface area contributed by atoms with Crippen molar-refractivity contribution in [3.8, 4) is 0 Å². The Morgan fingerprint density at radius 2 is 1.19 bits per heavy atom. The van der Waals surface area contributed by atoms with Crippen molar-refractivity contribution in [2.24, 2.45) is 5.92 Å². The van der Waals surface area contributed by atoms with E-state index in [2.05, 4.69) is 0 Å². The van der Waals surface area contributed by atoms with Crippen LogP contribution < -0.4 is 0 Å². The van der Waals surface area contributed by atoms with Crippen LogP contribution in [0.3, 0.4) is 0 Å². The summed E-state index contributed by atoms with van der Waals surface area (Å²) < 4.78 is 17.1. The van der Waals surface area contributed by atoms with E-state index in [0.29, 0.717) is 0 Å². The van der Waals surface area contributed by atoms with Crippen LogP contribution in [0.5, 0.6) is 0 Å². The fraction of sp³-hybridized carbons (Fsp3) is 0.458. The smallest absolute Gasteiger partial charge is 0.308 e. The van der Waals surface area contributed by atoms with Gasteiger partial charge in [0.05, 0.1) is 19.1 Å². The Labute approximate surface area is 182 Å². The molecule has 0 bridgehead atoms. The summed E-state index contributed by atoms with van der Waals surface area (Å²) in [4.78, 5) is 12.2. The predicted octanol–water partition coefficient (Wildman–Crippen LogP) is 1.82. The molecule has 0 aliphatic heterocycles. The number of ether oxygens (including phenoxy) is 3. The van der Waals surface area contributed by atoms with Crippen molar-refractivity contribution in [3.05, 3.63) is 71.8 Å². The Kier molecular flexibility index (Phi) is 8.17. The number of carbonyl (C=O) groups excluding carboxylic acids is 1. The summed E-state index contributed by atoms with van der Waals surface area (Å²) in [5.74, 6) is -0.997. The number of hydrogen-bond acceptors (Lipinski definition) is 7. The average Bonchev–Trinajstić information content (AvgIpc) is 2.78. The highest BCUT2D eigenvalue weighted by Gasteiger charge is 2.52. The van der Waals surface area contributed by atoms with Crippen molar-refractivity contribution in [3.63, 3.8) is 0 Å². The lowest BCUT2D eigenvalue weighted by molar-refractivity contribution is -0.257. The molecule has 0 unspecified atom stereocenters. The lowest BCUT2D eigenvalue weighted by atomic mass is 9.84. The zero-order chi connectivity index (χ0) is 22.4. The van der Waals surface area contributed by atoms with E-state index in [0.717, 1.165) is 11.1 Å². The third kappa shape index (κ3) is 5.90. The van der Waals surface area contributed by atoms with Crippen LogP contribution in [0.15, 0.2) is 60.7 Å². The molecule has 3 N–H and O–H groups in total. The van der Waals surface area contributed by atoms with Crippen LogP contribution in [0, 0.1) is 5.92 Å². The highest BCUT2D eigenvalue weighted by atomic mass is 16.6. The van der Waals surface area contributed by atoms with Crippen molar-refractivity contribution in [2.75, 3.05) is 0 Å². The van der Waals surface area contributed by atoms with Gasteiger partial charge >= 0.3 is 5.97 Å². The molecule has 6 atom stereocenters. The molecule has 1 aliphatic rings. The molecule has 1 aliphatic carbocycles. The third-order valence-corrected chi connectivity index (χ3v) is 5.31. The number of carbonyl (C=O) groups is 1. The maximum atomic E-state index is 12.2. The van der Waals surface area contributed by atoms with Crippen LogP contribution in [0.25, 0.3) is 0 Å². The molecular weight excluding hydrogens is 400 g/mol. The second-order valence-corrected chi connectivity index (χ2v) is 8.05. The first-order valence-corrected chi connectivity index (χ1v) is 10.4. The van der Waals surface area contributed by atoms with Crippen LogP contribution in [0.4, 0.5) is 0 Å². The van der Waals surface area contributed by atoms with E-state index in [-0.39, 0.29) is 13.2 Å². The molecule has 0 heterocycles. The van der Waals surface area contributed by atoms with Gasteiger partial charge in [0.15, 0.2) is 6.10 Å². The predicted molar refractivity (Wildman–Crippen MR) is 113 cm³/mol. The van der Waals surface area contributed by atoms with Gasteiger partial charge in [-0.3, -0.25) is 4.79 Å². The highest BCUT2D eigenvalue weighted by molar-refractivity contribution is 5.71. The molecule has 0 radical (unpaired) electrons. The molecule has 1 saturated carbocycles. The topological polar surface area (TPSA) is 105 Å². The van der Waals surface area contributed by atoms with E-state index < -0.39 is 48.5 Å². The largest absolute Gasteiger partial charge is 0.456 e. The van der Waals surface area contributed by atoms with Crippen molar-refractivity contribution in [2.45, 2.75) is 63.7 Å². The summed E-state index contributed by atoms with van der Waals surface area (Å²) in [5.41, 5.74) is 1.71. The molecule has 2 aromatic rings. The summed E-state index contributed by atoms with van der Waals surface area (Å²) in [6.07, 6.45) is -7.70. The SMILES string of the molecule is CC(C)C(=O)O[C@H]1[C@@H](O)[C@@H](O)[C@H](OCc2ccccc2)[C@@H](O)[C@@H]1OCc1ccccc1. The van der Waals surface area contributed by atoms with Crippen LogP contribution in [-0.2, 0) is 32.2 Å². The van der Waals surface area contributed by atoms with Gasteiger partial charge in [0.25, 0.3) is 0 Å². The van der Waals surface area contributed by atoms with Crippen molar-refractivity contribution >= 4 is 5.97 Å². The van der Waals surface area contributed by atoms with E-state index >= 15 is 0 Å². The molecule has 7 nitrogen and oxygen atoms in total. The monoisotopic (exact) mass is 430 g/mol. The van der Waals surface area contributed by atoms with Crippen LogP contribution >= 0.6 is 0 Å². The maximum absolute atomic E-state index is 12.2. The number of aliphatic hydroxyl groups is 3. The molecule has 3 rings (SSSR count). The normalized spacial score (nSPS) is 28.5. The minimum Gasteiger partial charge on any atom is -0.456 e. The molecule has 31 heavy (non-hydrogen) atoms. The fourth-order valence-corrected chi connectivity index (χ4v) is 3.50. The summed E-state index contributed by atoms with van der Waals surface area (Å²) in [7, 11) is 0. The quantitative estimate of drug-likeness (QED) is 0.549. The Balaban J connectivity index is 1.77. The Morgan fingerprint density at radius 3 is 1.68 bits per heavy atom. The Hall–Kier alpha value is -2.29. The standard InChI is InChI=1S/C24H30O7/c1-15(2)24(28)31-23-19(26)18(25)21(29-13-16-9-5-3-6-10-16)20(27)22(23)30-14-17-11-7-4-8-12-17/h3-12,15,18-23,25-27H,13-14H2,1-2H3/t18-,19+,20-,21+,22+,23+/m1/s1. The first kappa shape index (κ1) is 23.4. The van der Waals surface area contributed by atoms with Gasteiger partial charge in [-0.05, 0) is 11.1 Å². The number of hydrogen-bond donors (Lipinski definition) is 3. The van der Waals surface area contributed by atoms with Crippen LogP contribution in [-0.4, -0.2) is 57.9 Å². The number of aliphatic hydroxyl groups excluding tert-OH is 3. The third-order valence-electron chi connectivity index (χ3n) is 5.31. The van der Waals surface area contributed by atoms with Crippen LogP contribution in [0.1, 0.15) is 25.0 Å². The van der Waals surface area contributed by atoms with Gasteiger partial charge in [-0.15, -0.1) is 0 Å². The zero-order valence-corrected chi connectivity index (χ0v) is 17.7. The maximum Gasteiger partial charge on any atom is 0.308 e. The van der Waals surface area contributed by atoms with Crippen molar-refractivity contribution < 1.29 is 34.3 Å². The van der Waals surface area contributed by atoms with E-state index in [4.69, 9.17) is 14.2 Å². The van der Waals surface area contributed by atoms with Gasteiger partial charge in [-0.1, -0.05) is 74.5 Å². The number of benzene rings is 2. The molecule has 0 amide bonds. The molecule has 168 valence electrons. The lowest BCUT2D eigenvalue weighted by Gasteiger charge is -2.45. The summed E-state index contributed by atoms with van der Waals surface area (Å²) in [6.45, 7) is 3.59. The molecule has 2 aromatic carbocycles. The molecule has 1 fully saturated rings. The van der Waals surface area contributed by atoms with Crippen LogP contribution in [0.2, 0.25) is 0 Å². The molecule has 0 saturated heterocycles. The summed E-state index contributed by atoms with van der Waals surface area (Å²) >= 11 is 0. The lowest BCUT2D eigenvalue weighted by Crippen LogP contribution is -2.66. The molecule has 0 aromatic heterocycles. The van der Waals surface area contributed by atoms with Gasteiger partial charge in [-0.2, -0.15) is 0 Å². The van der Waals surface area contributed by atoms with Gasteiger partial charge < -0.3 is 29.5 Å². The molecule has 0 spiro atoms. The van der Waals surface area contributed by atoms with Gasteiger partial charge in [-0.25, -0.2) is 0 Å². The van der Waals surface area contributed by atoms with Gasteiger partial charge in [0.1, 0.15) is 30.5 Å². The first-order chi connectivity index (χ1) is 14.9. The number of rotatable bonds is 8. The van der Waals surface area contributed by atoms with Crippen molar-refractivity contribution in [1.29, 1.82) is 0 Å². The Bertz CT molecular complexity index is 811. The van der Waals surface area contributed by atoms with Gasteiger partial charge in [0.2, 0.25) is 0 Å². The fourth-order valence-electron chi connectivity index (χ4n) is 3.50. The summed E-state index contributed by atoms with van der Waals surface area (Å²) in [6, 6.07) is 18.6. The average molecular weight is 430 g/mol. The van der Waals surface area contributed by atoms with E-state index in [1.807, 2.05) is 60.7 Å². The molecular formula is C24H30O7. The zero-order valence-electron chi connectivity index (χ0n) is 17.7. The summed E-state index contributed by atoms with van der Waals surface area (Å²) in [5, 5.41) is 32.3. The highest BCUT2D eigenvalue weighted by Crippen LogP contribution is 2.30. The second-order valence-electron chi connectivity index (χ2n) is 8.05. The van der Waals surface area contributed by atoms with E-state index in [1.54, 1.807) is 13.8 Å². The minimum absolute atomic E-state index is 0.131. The van der Waals surface area contributed by atoms with Crippen molar-refractivity contribution in [1.82, 2.24) is 0 Å². The minimum atomic E-state index is -1.48. The second kappa shape index (κ2) is 10.8. The number of esters is 1. The first-order valence-electron chi connectivity index (χ1n) is 10.4. The van der Waals surface area contributed by atoms with Gasteiger partial charge in [0, 0.05) is 0 Å². The Morgan fingerprint density at radius 1 is 0.742 bits per heavy atom.